The van der Waals surface area contributed by atoms with Crippen molar-refractivity contribution in [2.45, 2.75) is 0 Å². The summed E-state index contributed by atoms with van der Waals surface area (Å²) >= 11 is 0. The van der Waals surface area contributed by atoms with Gasteiger partial charge in [0.2, 0.25) is 0 Å². The summed E-state index contributed by atoms with van der Waals surface area (Å²) in [7, 11) is 0. The first-order valence-electron chi connectivity index (χ1n) is 10.2. The number of hydrazone groups is 2. The number of nitrogens with zero attached hydrogens (tertiary/aromatic N) is 4. The number of nitrogens with one attached hydrogen (secondary N) is 2. The zero-order valence-electron chi connectivity index (χ0n) is 17.3. The number of hydrogen-bond donors (Lipinski definition) is 2. The van der Waals surface area contributed by atoms with Crippen molar-refractivity contribution < 1.29 is 0 Å². The number of benzene rings is 3. The Morgan fingerprint density at radius 1 is 0.531 bits per heavy atom. The normalized spacial score (nSPS) is 11.9. The minimum atomic E-state index is 0.573. The predicted molar refractivity (Wildman–Crippen MR) is 135 cm³/mol. The van der Waals surface area contributed by atoms with Gasteiger partial charge in [-0.2, -0.15) is 10.2 Å². The smallest absolute Gasteiger partial charge is 0.176 e. The summed E-state index contributed by atoms with van der Waals surface area (Å²) in [5.74, 6) is 1.15. The average Bonchev–Trinajstić information content (AvgIpc) is 2.86. The van der Waals surface area contributed by atoms with E-state index in [1.54, 1.807) is 12.4 Å². The molecule has 0 unspecified atom stereocenters. The van der Waals surface area contributed by atoms with E-state index in [0.717, 1.165) is 21.9 Å². The molecule has 0 aliphatic rings. The van der Waals surface area contributed by atoms with E-state index in [1.165, 1.54) is 0 Å². The van der Waals surface area contributed by atoms with Gasteiger partial charge in [-0.25, -0.2) is 0 Å². The molecule has 0 atom stereocenters. The molecule has 6 heteroatoms. The molecule has 0 amide bonds. The second-order valence-corrected chi connectivity index (χ2v) is 6.76. The number of aromatic nitrogens is 2. The van der Waals surface area contributed by atoms with Crippen molar-refractivity contribution in [3.05, 3.63) is 108 Å². The number of anilines is 2. The van der Waals surface area contributed by atoms with Gasteiger partial charge >= 0.3 is 0 Å². The van der Waals surface area contributed by atoms with Crippen LogP contribution in [0.25, 0.3) is 22.9 Å². The van der Waals surface area contributed by atoms with Gasteiger partial charge in [0.1, 0.15) is 0 Å². The summed E-state index contributed by atoms with van der Waals surface area (Å²) in [6, 6.07) is 27.9. The van der Waals surface area contributed by atoms with Crippen LogP contribution in [0.2, 0.25) is 0 Å². The van der Waals surface area contributed by atoms with Crippen molar-refractivity contribution in [3.8, 4) is 0 Å². The van der Waals surface area contributed by atoms with E-state index in [1.807, 2.05) is 109 Å². The SMILES string of the molecule is C(=C\c1ccccc1)/C=N/Nc1nnc(N/N=C/C=C/c2ccccc2)c2ccccc12. The molecule has 0 saturated carbocycles. The summed E-state index contributed by atoms with van der Waals surface area (Å²) in [5, 5.41) is 18.8. The highest BCUT2D eigenvalue weighted by Gasteiger charge is 2.07. The molecule has 4 rings (SSSR count). The molecule has 6 nitrogen and oxygen atoms in total. The molecule has 0 bridgehead atoms. The number of fused-ring (bicyclic) bond motifs is 1. The fourth-order valence-electron chi connectivity index (χ4n) is 2.99. The maximum Gasteiger partial charge on any atom is 0.176 e. The highest BCUT2D eigenvalue weighted by atomic mass is 15.4. The molecule has 1 aromatic heterocycles. The lowest BCUT2D eigenvalue weighted by molar-refractivity contribution is 1.03. The first kappa shape index (κ1) is 20.7. The van der Waals surface area contributed by atoms with Crippen LogP contribution < -0.4 is 10.9 Å². The Hall–Kier alpha value is -4.58. The Bertz CT molecular complexity index is 1160. The maximum atomic E-state index is 4.26. The van der Waals surface area contributed by atoms with E-state index in [2.05, 4.69) is 31.3 Å². The Morgan fingerprint density at radius 3 is 1.38 bits per heavy atom. The van der Waals surface area contributed by atoms with Crippen molar-refractivity contribution in [3.63, 3.8) is 0 Å². The van der Waals surface area contributed by atoms with Gasteiger partial charge < -0.3 is 0 Å². The van der Waals surface area contributed by atoms with Crippen molar-refractivity contribution in [1.82, 2.24) is 10.2 Å². The van der Waals surface area contributed by atoms with E-state index in [4.69, 9.17) is 0 Å². The summed E-state index contributed by atoms with van der Waals surface area (Å²) in [6.07, 6.45) is 11.0. The summed E-state index contributed by atoms with van der Waals surface area (Å²) in [6.45, 7) is 0. The minimum Gasteiger partial charge on any atom is -0.259 e. The fraction of sp³-hybridized carbons (Fsp3) is 0. The van der Waals surface area contributed by atoms with E-state index in [9.17, 15) is 0 Å². The zero-order valence-corrected chi connectivity index (χ0v) is 17.3. The molecule has 3 aromatic carbocycles. The molecular formula is C26H22N6. The van der Waals surface area contributed by atoms with Crippen LogP contribution in [-0.2, 0) is 0 Å². The monoisotopic (exact) mass is 418 g/mol. The number of hydrogen-bond acceptors (Lipinski definition) is 6. The first-order chi connectivity index (χ1) is 15.9. The van der Waals surface area contributed by atoms with Crippen LogP contribution in [0.15, 0.2) is 107 Å². The quantitative estimate of drug-likeness (QED) is 0.278. The Balaban J connectivity index is 1.42. The van der Waals surface area contributed by atoms with Crippen LogP contribution in [0.5, 0.6) is 0 Å². The summed E-state index contributed by atoms with van der Waals surface area (Å²) in [5.41, 5.74) is 8.15. The second kappa shape index (κ2) is 11.0. The van der Waals surface area contributed by atoms with E-state index >= 15 is 0 Å². The first-order valence-corrected chi connectivity index (χ1v) is 10.2. The molecule has 2 N–H and O–H groups in total. The van der Waals surface area contributed by atoms with Gasteiger partial charge in [-0.15, -0.1) is 10.2 Å². The molecule has 0 aliphatic carbocycles. The number of rotatable bonds is 8. The second-order valence-electron chi connectivity index (χ2n) is 6.76. The fourth-order valence-corrected chi connectivity index (χ4v) is 2.99. The van der Waals surface area contributed by atoms with Gasteiger partial charge in [-0.05, 0) is 23.3 Å². The van der Waals surface area contributed by atoms with Crippen LogP contribution in [0.4, 0.5) is 11.6 Å². The molecule has 0 saturated heterocycles. The molecule has 156 valence electrons. The van der Waals surface area contributed by atoms with Crippen molar-refractivity contribution in [1.29, 1.82) is 0 Å². The van der Waals surface area contributed by atoms with Gasteiger partial charge in [0, 0.05) is 23.2 Å². The summed E-state index contributed by atoms with van der Waals surface area (Å²) < 4.78 is 0. The van der Waals surface area contributed by atoms with Gasteiger partial charge in [-0.3, -0.25) is 10.9 Å². The third kappa shape index (κ3) is 5.73. The van der Waals surface area contributed by atoms with Crippen molar-refractivity contribution in [2.75, 3.05) is 10.9 Å². The van der Waals surface area contributed by atoms with E-state index in [0.29, 0.717) is 11.6 Å². The van der Waals surface area contributed by atoms with E-state index < -0.39 is 0 Å². The molecule has 0 radical (unpaired) electrons. The van der Waals surface area contributed by atoms with Crippen LogP contribution >= 0.6 is 0 Å². The highest BCUT2D eigenvalue weighted by Crippen LogP contribution is 2.25. The lowest BCUT2D eigenvalue weighted by atomic mass is 10.2. The molecular weight excluding hydrogens is 396 g/mol. The van der Waals surface area contributed by atoms with Gasteiger partial charge in [-0.1, -0.05) is 97.1 Å². The van der Waals surface area contributed by atoms with Gasteiger partial charge in [0.15, 0.2) is 11.6 Å². The minimum absolute atomic E-state index is 0.573. The molecule has 0 aliphatic heterocycles. The topological polar surface area (TPSA) is 74.6 Å². The predicted octanol–water partition coefficient (Wildman–Crippen LogP) is 5.85. The Morgan fingerprint density at radius 2 is 0.938 bits per heavy atom. The molecule has 0 fully saturated rings. The zero-order chi connectivity index (χ0) is 21.8. The van der Waals surface area contributed by atoms with Crippen LogP contribution in [0.1, 0.15) is 11.1 Å². The van der Waals surface area contributed by atoms with Crippen molar-refractivity contribution in [2.24, 2.45) is 10.2 Å². The lowest BCUT2D eigenvalue weighted by Gasteiger charge is -2.07. The number of allylic oxidation sites excluding steroid dienone is 2. The average molecular weight is 419 g/mol. The molecule has 1 heterocycles. The maximum absolute atomic E-state index is 4.26. The Labute approximate surface area is 186 Å². The molecule has 32 heavy (non-hydrogen) atoms. The standard InChI is InChI=1S/C26H22N6/c1-3-11-21(12-4-1)15-9-19-27-29-25-23-17-7-8-18-24(23)26(32-31-25)30-28-20-10-16-22-13-5-2-6-14-22/h1-20H,(H,29,31)(H,30,32)/b15-9+,16-10+,27-19+,28-20+. The third-order valence-corrected chi connectivity index (χ3v) is 4.53. The van der Waals surface area contributed by atoms with Crippen molar-refractivity contribution >= 4 is 47.0 Å². The van der Waals surface area contributed by atoms with E-state index in [-0.39, 0.29) is 0 Å². The highest BCUT2D eigenvalue weighted by molar-refractivity contribution is 5.98. The van der Waals surface area contributed by atoms with Crippen LogP contribution in [0, 0.1) is 0 Å². The van der Waals surface area contributed by atoms with Gasteiger partial charge in [0.25, 0.3) is 0 Å². The van der Waals surface area contributed by atoms with Crippen LogP contribution in [0.3, 0.4) is 0 Å². The third-order valence-electron chi connectivity index (χ3n) is 4.53. The largest absolute Gasteiger partial charge is 0.259 e. The Kier molecular flexibility index (Phi) is 7.10. The van der Waals surface area contributed by atoms with Gasteiger partial charge in [0.05, 0.1) is 0 Å². The molecule has 4 aromatic rings. The summed E-state index contributed by atoms with van der Waals surface area (Å²) in [4.78, 5) is 0. The lowest BCUT2D eigenvalue weighted by Crippen LogP contribution is -2.01. The van der Waals surface area contributed by atoms with Crippen LogP contribution in [-0.4, -0.2) is 22.6 Å². The molecule has 0 spiro atoms.